The first-order valence-electron chi connectivity index (χ1n) is 15.5. The smallest absolute Gasteiger partial charge is 0.220 e. The largest absolute Gasteiger partial charge is 0.496 e. The van der Waals surface area contributed by atoms with E-state index in [1.54, 1.807) is 25.4 Å². The van der Waals surface area contributed by atoms with Crippen LogP contribution in [0.15, 0.2) is 54.7 Å². The van der Waals surface area contributed by atoms with Crippen molar-refractivity contribution in [2.75, 3.05) is 33.9 Å². The van der Waals surface area contributed by atoms with Crippen LogP contribution in [0.25, 0.3) is 33.6 Å². The van der Waals surface area contributed by atoms with Crippen molar-refractivity contribution in [3.63, 3.8) is 0 Å². The summed E-state index contributed by atoms with van der Waals surface area (Å²) >= 11 is 14.0. The van der Waals surface area contributed by atoms with Gasteiger partial charge in [-0.05, 0) is 37.1 Å². The second-order valence-corrected chi connectivity index (χ2v) is 12.3. The maximum atomic E-state index is 15.4. The standard InChI is InChI=1S/C35H36Cl2FN5O4/c1-45-30-15-21(14-28(38)27(30)19-40-18-23-11-13-47-23)34-33(37)25(10-12-41-34)24-4-3-5-26(32(24)36)29-8-6-20(35(43-29)46-2)16-39-17-22-7-9-31(44)42-22/h3-6,8,10,12,14-15,22-23,39-40H,7,9,11,13,16-19H2,1-2H3,(H,42,44)/t22-,23-/m0/s1. The van der Waals surface area contributed by atoms with Crippen LogP contribution in [0.1, 0.15) is 30.4 Å². The number of hydrogen-bond donors (Lipinski definition) is 3. The van der Waals surface area contributed by atoms with Crippen LogP contribution >= 0.6 is 23.2 Å². The van der Waals surface area contributed by atoms with Crippen LogP contribution < -0.4 is 25.4 Å². The van der Waals surface area contributed by atoms with Gasteiger partial charge in [-0.2, -0.15) is 0 Å². The number of methoxy groups -OCH3 is 2. The molecule has 0 spiro atoms. The first kappa shape index (κ1) is 33.1. The molecular formula is C35H36Cl2FN5O4. The summed E-state index contributed by atoms with van der Waals surface area (Å²) < 4.78 is 32.0. The van der Waals surface area contributed by atoms with Crippen molar-refractivity contribution in [3.05, 3.63) is 81.7 Å². The average Bonchev–Trinajstić information content (AvgIpc) is 3.47. The van der Waals surface area contributed by atoms with Crippen LogP contribution in [0.5, 0.6) is 11.6 Å². The molecule has 2 aromatic heterocycles. The molecule has 0 radical (unpaired) electrons. The molecule has 3 N–H and O–H groups in total. The van der Waals surface area contributed by atoms with Gasteiger partial charge in [0.25, 0.3) is 0 Å². The first-order valence-corrected chi connectivity index (χ1v) is 16.3. The molecule has 47 heavy (non-hydrogen) atoms. The fourth-order valence-electron chi connectivity index (χ4n) is 5.84. The number of ether oxygens (including phenoxy) is 3. The van der Waals surface area contributed by atoms with Gasteiger partial charge in [-0.1, -0.05) is 47.5 Å². The van der Waals surface area contributed by atoms with Crippen molar-refractivity contribution in [1.82, 2.24) is 25.9 Å². The molecule has 12 heteroatoms. The summed E-state index contributed by atoms with van der Waals surface area (Å²) in [6.45, 7) is 2.91. The topological polar surface area (TPSA) is 107 Å². The summed E-state index contributed by atoms with van der Waals surface area (Å²) in [5.74, 6) is 0.538. The quantitative estimate of drug-likeness (QED) is 0.154. The number of halogens is 3. The number of carbonyl (C=O) groups is 1. The lowest BCUT2D eigenvalue weighted by Crippen LogP contribution is -2.37. The third-order valence-corrected chi connectivity index (χ3v) is 9.28. The normalized spacial score (nSPS) is 17.3. The summed E-state index contributed by atoms with van der Waals surface area (Å²) in [6.07, 6.45) is 4.17. The minimum absolute atomic E-state index is 0.0887. The van der Waals surface area contributed by atoms with Crippen molar-refractivity contribution >= 4 is 29.1 Å². The van der Waals surface area contributed by atoms with E-state index in [-0.39, 0.29) is 18.1 Å². The first-order chi connectivity index (χ1) is 22.9. The molecule has 2 atom stereocenters. The lowest BCUT2D eigenvalue weighted by molar-refractivity contribution is -0.119. The molecule has 9 nitrogen and oxygen atoms in total. The summed E-state index contributed by atoms with van der Waals surface area (Å²) in [4.78, 5) is 20.7. The van der Waals surface area contributed by atoms with E-state index in [2.05, 4.69) is 20.9 Å². The number of nitrogens with zero attached hydrogens (tertiary/aromatic N) is 2. The Morgan fingerprint density at radius 3 is 2.49 bits per heavy atom. The number of rotatable bonds is 13. The summed E-state index contributed by atoms with van der Waals surface area (Å²) in [6, 6.07) is 14.5. The SMILES string of the molecule is COc1cc(-c2nccc(-c3cccc(-c4ccc(CNC[C@@H]5CCC(=O)N5)c(OC)n4)c3Cl)c2Cl)cc(F)c1CNC[C@@H]1CCO1. The lowest BCUT2D eigenvalue weighted by Gasteiger charge is -2.26. The highest BCUT2D eigenvalue weighted by molar-refractivity contribution is 6.39. The highest BCUT2D eigenvalue weighted by Crippen LogP contribution is 2.42. The maximum Gasteiger partial charge on any atom is 0.220 e. The highest BCUT2D eigenvalue weighted by Gasteiger charge is 2.22. The molecule has 2 aliphatic heterocycles. The molecule has 246 valence electrons. The predicted molar refractivity (Wildman–Crippen MR) is 180 cm³/mol. The molecule has 1 amide bonds. The van der Waals surface area contributed by atoms with Crippen LogP contribution in [0.4, 0.5) is 4.39 Å². The van der Waals surface area contributed by atoms with E-state index < -0.39 is 5.82 Å². The second-order valence-electron chi connectivity index (χ2n) is 11.5. The molecule has 2 aliphatic rings. The van der Waals surface area contributed by atoms with Crippen molar-refractivity contribution in [2.45, 2.75) is 44.5 Å². The van der Waals surface area contributed by atoms with Crippen molar-refractivity contribution in [1.29, 1.82) is 0 Å². The number of aromatic nitrogens is 2. The number of amides is 1. The number of benzene rings is 2. The molecule has 2 saturated heterocycles. The van der Waals surface area contributed by atoms with Crippen LogP contribution in [-0.2, 0) is 22.6 Å². The van der Waals surface area contributed by atoms with E-state index in [4.69, 9.17) is 42.4 Å². The Morgan fingerprint density at radius 2 is 1.77 bits per heavy atom. The zero-order valence-electron chi connectivity index (χ0n) is 26.2. The van der Waals surface area contributed by atoms with Gasteiger partial charge in [-0.25, -0.2) is 9.37 Å². The van der Waals surface area contributed by atoms with Crippen LogP contribution in [-0.4, -0.2) is 61.9 Å². The van der Waals surface area contributed by atoms with Gasteiger partial charge in [-0.3, -0.25) is 9.78 Å². The lowest BCUT2D eigenvalue weighted by atomic mass is 9.99. The van der Waals surface area contributed by atoms with Crippen LogP contribution in [0.2, 0.25) is 10.0 Å². The molecule has 6 rings (SSSR count). The molecule has 2 aromatic carbocycles. The van der Waals surface area contributed by atoms with E-state index in [0.29, 0.717) is 93.5 Å². The predicted octanol–water partition coefficient (Wildman–Crippen LogP) is 6.19. The third kappa shape index (κ3) is 7.37. The average molecular weight is 681 g/mol. The van der Waals surface area contributed by atoms with Crippen molar-refractivity contribution in [3.8, 4) is 45.3 Å². The zero-order valence-corrected chi connectivity index (χ0v) is 27.7. The van der Waals surface area contributed by atoms with E-state index in [1.165, 1.54) is 13.2 Å². The van der Waals surface area contributed by atoms with Gasteiger partial charge in [0, 0.05) is 84.8 Å². The fourth-order valence-corrected chi connectivity index (χ4v) is 6.49. The summed E-state index contributed by atoms with van der Waals surface area (Å²) in [7, 11) is 3.09. The van der Waals surface area contributed by atoms with E-state index in [0.717, 1.165) is 25.0 Å². The number of nitrogens with one attached hydrogen (secondary N) is 3. The number of pyridine rings is 2. The van der Waals surface area contributed by atoms with Gasteiger partial charge in [-0.15, -0.1) is 0 Å². The van der Waals surface area contributed by atoms with Crippen LogP contribution in [0, 0.1) is 5.82 Å². The summed E-state index contributed by atoms with van der Waals surface area (Å²) in [5, 5.41) is 10.4. The fraction of sp³-hybridized carbons (Fsp3) is 0.343. The second kappa shape index (κ2) is 15.0. The monoisotopic (exact) mass is 679 g/mol. The minimum atomic E-state index is -0.423. The Morgan fingerprint density at radius 1 is 0.979 bits per heavy atom. The van der Waals surface area contributed by atoms with E-state index in [1.807, 2.05) is 30.3 Å². The van der Waals surface area contributed by atoms with Gasteiger partial charge in [0.1, 0.15) is 11.6 Å². The molecule has 2 fully saturated rings. The Labute approximate surface area is 283 Å². The van der Waals surface area contributed by atoms with Gasteiger partial charge in [0.15, 0.2) is 0 Å². The molecular weight excluding hydrogens is 644 g/mol. The zero-order chi connectivity index (χ0) is 32.9. The Kier molecular flexibility index (Phi) is 10.5. The summed E-state index contributed by atoms with van der Waals surface area (Å²) in [5.41, 5.74) is 4.83. The van der Waals surface area contributed by atoms with E-state index >= 15 is 4.39 Å². The number of hydrogen-bond acceptors (Lipinski definition) is 8. The Balaban J connectivity index is 1.24. The van der Waals surface area contributed by atoms with Crippen molar-refractivity contribution < 1.29 is 23.4 Å². The van der Waals surface area contributed by atoms with Gasteiger partial charge < -0.3 is 30.2 Å². The molecule has 0 unspecified atom stereocenters. The minimum Gasteiger partial charge on any atom is -0.496 e. The Bertz CT molecular complexity index is 1770. The molecule has 0 bridgehead atoms. The van der Waals surface area contributed by atoms with Gasteiger partial charge in [0.2, 0.25) is 11.8 Å². The molecule has 4 aromatic rings. The maximum absolute atomic E-state index is 15.4. The highest BCUT2D eigenvalue weighted by atomic mass is 35.5. The van der Waals surface area contributed by atoms with Gasteiger partial charge in [0.05, 0.1) is 41.8 Å². The van der Waals surface area contributed by atoms with Gasteiger partial charge >= 0.3 is 0 Å². The van der Waals surface area contributed by atoms with Crippen molar-refractivity contribution in [2.24, 2.45) is 0 Å². The van der Waals surface area contributed by atoms with Crippen LogP contribution in [0.3, 0.4) is 0 Å². The number of carbonyl (C=O) groups excluding carboxylic acids is 1. The Hall–Kier alpha value is -3.80. The molecule has 4 heterocycles. The third-order valence-electron chi connectivity index (χ3n) is 8.49. The molecule has 0 aliphatic carbocycles. The van der Waals surface area contributed by atoms with E-state index in [9.17, 15) is 4.79 Å². The molecule has 0 saturated carbocycles.